The van der Waals surface area contributed by atoms with Crippen LogP contribution in [-0.2, 0) is 32.5 Å². The van der Waals surface area contributed by atoms with Crippen molar-refractivity contribution >= 4 is 27.6 Å². The van der Waals surface area contributed by atoms with Gasteiger partial charge in [0, 0.05) is 25.2 Å². The molecular formula is C21H24N2O5S. The first-order chi connectivity index (χ1) is 13.9. The minimum absolute atomic E-state index is 0.0716. The zero-order chi connectivity index (χ0) is 20.9. The van der Waals surface area contributed by atoms with Crippen molar-refractivity contribution in [3.8, 4) is 0 Å². The van der Waals surface area contributed by atoms with E-state index in [1.54, 1.807) is 12.1 Å². The largest absolute Gasteiger partial charge is 0.481 e. The molecule has 0 aliphatic carbocycles. The number of anilines is 1. The zero-order valence-corrected chi connectivity index (χ0v) is 16.8. The molecule has 0 bridgehead atoms. The molecule has 0 atom stereocenters. The number of aryl methyl sites for hydroxylation is 1. The van der Waals surface area contributed by atoms with Gasteiger partial charge in [-0.3, -0.25) is 9.59 Å². The van der Waals surface area contributed by atoms with Gasteiger partial charge in [-0.05, 0) is 48.6 Å². The number of hydrogen-bond acceptors (Lipinski definition) is 4. The predicted octanol–water partition coefficient (Wildman–Crippen LogP) is 2.35. The first-order valence-electron chi connectivity index (χ1n) is 9.55. The van der Waals surface area contributed by atoms with Crippen molar-refractivity contribution in [2.45, 2.75) is 37.0 Å². The molecule has 7 nitrogen and oxygen atoms in total. The quantitative estimate of drug-likeness (QED) is 0.611. The van der Waals surface area contributed by atoms with Gasteiger partial charge < -0.3 is 10.0 Å². The first kappa shape index (κ1) is 21.0. The molecule has 3 rings (SSSR count). The molecule has 8 heteroatoms. The van der Waals surface area contributed by atoms with E-state index < -0.39 is 16.0 Å². The fourth-order valence-corrected chi connectivity index (χ4v) is 4.50. The molecule has 0 saturated heterocycles. The minimum atomic E-state index is -3.63. The van der Waals surface area contributed by atoms with Crippen LogP contribution in [0, 0.1) is 0 Å². The zero-order valence-electron chi connectivity index (χ0n) is 16.0. The third-order valence-electron chi connectivity index (χ3n) is 4.89. The summed E-state index contributed by atoms with van der Waals surface area (Å²) in [6.45, 7) is 0.774. The first-order valence-corrected chi connectivity index (χ1v) is 11.0. The maximum Gasteiger partial charge on any atom is 0.303 e. The highest BCUT2D eigenvalue weighted by molar-refractivity contribution is 7.89. The summed E-state index contributed by atoms with van der Waals surface area (Å²) in [4.78, 5) is 24.6. The molecule has 0 saturated carbocycles. The van der Waals surface area contributed by atoms with Gasteiger partial charge in [0.05, 0.1) is 11.3 Å². The highest BCUT2D eigenvalue weighted by Gasteiger charge is 2.26. The lowest BCUT2D eigenvalue weighted by Gasteiger charge is -2.17. The Kier molecular flexibility index (Phi) is 6.66. The Morgan fingerprint density at radius 1 is 1.07 bits per heavy atom. The predicted molar refractivity (Wildman–Crippen MR) is 109 cm³/mol. The normalized spacial score (nSPS) is 13.3. The summed E-state index contributed by atoms with van der Waals surface area (Å²) >= 11 is 0. The molecular weight excluding hydrogens is 392 g/mol. The van der Waals surface area contributed by atoms with Crippen LogP contribution in [0.1, 0.15) is 30.4 Å². The smallest absolute Gasteiger partial charge is 0.303 e. The van der Waals surface area contributed by atoms with E-state index >= 15 is 0 Å². The number of nitrogens with one attached hydrogen (secondary N) is 1. The highest BCUT2D eigenvalue weighted by atomic mass is 32.2. The summed E-state index contributed by atoms with van der Waals surface area (Å²) in [7, 11) is -3.63. The van der Waals surface area contributed by atoms with Crippen LogP contribution < -0.4 is 9.62 Å². The van der Waals surface area contributed by atoms with Crippen LogP contribution in [0.2, 0.25) is 0 Å². The van der Waals surface area contributed by atoms with Gasteiger partial charge in [-0.2, -0.15) is 0 Å². The van der Waals surface area contributed by atoms with E-state index in [0.717, 1.165) is 17.5 Å². The number of fused-ring (bicyclic) bond motifs is 1. The molecule has 0 aromatic heterocycles. The second kappa shape index (κ2) is 9.19. The van der Waals surface area contributed by atoms with Crippen LogP contribution >= 0.6 is 0 Å². The molecule has 2 aromatic carbocycles. The molecule has 2 N–H and O–H groups in total. The van der Waals surface area contributed by atoms with E-state index in [1.807, 2.05) is 30.3 Å². The average Bonchev–Trinajstić information content (AvgIpc) is 3.13. The standard InChI is InChI=1S/C21H24N2O5S/c24-20(10-11-21(25)26)23-14-12-17-15-18(8-9-19(17)23)29(27,28)22-13-4-7-16-5-2-1-3-6-16/h1-3,5-6,8-9,15,22H,4,7,10-14H2,(H,25,26). The molecule has 0 unspecified atom stereocenters. The lowest BCUT2D eigenvalue weighted by molar-refractivity contribution is -0.138. The van der Waals surface area contributed by atoms with E-state index in [-0.39, 0.29) is 23.6 Å². The number of carboxylic acids is 1. The lowest BCUT2D eigenvalue weighted by atomic mass is 10.1. The highest BCUT2D eigenvalue weighted by Crippen LogP contribution is 2.30. The number of amides is 1. The number of aliphatic carboxylic acids is 1. The Morgan fingerprint density at radius 3 is 2.55 bits per heavy atom. The van der Waals surface area contributed by atoms with Crippen molar-refractivity contribution in [1.82, 2.24) is 4.72 Å². The third kappa shape index (κ3) is 5.42. The Morgan fingerprint density at radius 2 is 1.83 bits per heavy atom. The van der Waals surface area contributed by atoms with Gasteiger partial charge in [0.25, 0.3) is 0 Å². The van der Waals surface area contributed by atoms with Gasteiger partial charge in [-0.25, -0.2) is 13.1 Å². The van der Waals surface area contributed by atoms with Crippen molar-refractivity contribution in [1.29, 1.82) is 0 Å². The van der Waals surface area contributed by atoms with Crippen LogP contribution in [0.5, 0.6) is 0 Å². The number of carbonyl (C=O) groups excluding carboxylic acids is 1. The van der Waals surface area contributed by atoms with E-state index in [1.165, 1.54) is 11.0 Å². The van der Waals surface area contributed by atoms with E-state index in [2.05, 4.69) is 4.72 Å². The van der Waals surface area contributed by atoms with Crippen molar-refractivity contribution in [2.24, 2.45) is 0 Å². The van der Waals surface area contributed by atoms with Crippen molar-refractivity contribution in [2.75, 3.05) is 18.0 Å². The number of sulfonamides is 1. The van der Waals surface area contributed by atoms with Gasteiger partial charge in [-0.1, -0.05) is 30.3 Å². The van der Waals surface area contributed by atoms with E-state index in [0.29, 0.717) is 31.6 Å². The molecule has 0 spiro atoms. The van der Waals surface area contributed by atoms with Gasteiger partial charge in [0.1, 0.15) is 0 Å². The van der Waals surface area contributed by atoms with Crippen LogP contribution in [0.25, 0.3) is 0 Å². The van der Waals surface area contributed by atoms with Crippen molar-refractivity contribution in [3.63, 3.8) is 0 Å². The van der Waals surface area contributed by atoms with Crippen LogP contribution in [0.3, 0.4) is 0 Å². The summed E-state index contributed by atoms with van der Waals surface area (Å²) in [5.74, 6) is -1.28. The number of rotatable bonds is 9. The molecule has 0 fully saturated rings. The molecule has 1 heterocycles. The fraction of sp³-hybridized carbons (Fsp3) is 0.333. The molecule has 2 aromatic rings. The molecule has 0 radical (unpaired) electrons. The molecule has 1 amide bonds. The summed E-state index contributed by atoms with van der Waals surface area (Å²) in [5.41, 5.74) is 2.60. The molecule has 154 valence electrons. The lowest BCUT2D eigenvalue weighted by Crippen LogP contribution is -2.29. The summed E-state index contributed by atoms with van der Waals surface area (Å²) in [6.07, 6.45) is 1.74. The SMILES string of the molecule is O=C(O)CCC(=O)N1CCc2cc(S(=O)(=O)NCCCc3ccccc3)ccc21. The van der Waals surface area contributed by atoms with Crippen LogP contribution in [0.4, 0.5) is 5.69 Å². The molecule has 1 aliphatic heterocycles. The number of hydrogen-bond donors (Lipinski definition) is 2. The summed E-state index contributed by atoms with van der Waals surface area (Å²) in [6, 6.07) is 14.6. The Labute approximate surface area is 170 Å². The van der Waals surface area contributed by atoms with Crippen LogP contribution in [0.15, 0.2) is 53.4 Å². The summed E-state index contributed by atoms with van der Waals surface area (Å²) in [5, 5.41) is 8.74. The van der Waals surface area contributed by atoms with Gasteiger partial charge in [-0.15, -0.1) is 0 Å². The van der Waals surface area contributed by atoms with Gasteiger partial charge >= 0.3 is 5.97 Å². The topological polar surface area (TPSA) is 104 Å². The number of benzene rings is 2. The molecule has 29 heavy (non-hydrogen) atoms. The number of carbonyl (C=O) groups is 2. The molecule has 1 aliphatic rings. The van der Waals surface area contributed by atoms with Gasteiger partial charge in [0.15, 0.2) is 0 Å². The van der Waals surface area contributed by atoms with E-state index in [4.69, 9.17) is 5.11 Å². The second-order valence-corrected chi connectivity index (χ2v) is 8.73. The Balaban J connectivity index is 1.60. The van der Waals surface area contributed by atoms with Gasteiger partial charge in [0.2, 0.25) is 15.9 Å². The number of carboxylic acid groups (broad SMARTS) is 1. The van der Waals surface area contributed by atoms with Crippen LogP contribution in [-0.4, -0.2) is 38.5 Å². The monoisotopic (exact) mass is 416 g/mol. The summed E-state index contributed by atoms with van der Waals surface area (Å²) < 4.78 is 27.8. The fourth-order valence-electron chi connectivity index (χ4n) is 3.38. The maximum atomic E-state index is 12.6. The van der Waals surface area contributed by atoms with Crippen molar-refractivity contribution in [3.05, 3.63) is 59.7 Å². The third-order valence-corrected chi connectivity index (χ3v) is 6.35. The minimum Gasteiger partial charge on any atom is -0.481 e. The maximum absolute atomic E-state index is 12.6. The number of nitrogens with zero attached hydrogens (tertiary/aromatic N) is 1. The second-order valence-electron chi connectivity index (χ2n) is 6.97. The Hall–Kier alpha value is -2.71. The Bertz CT molecular complexity index is 989. The van der Waals surface area contributed by atoms with E-state index in [9.17, 15) is 18.0 Å². The average molecular weight is 416 g/mol. The van der Waals surface area contributed by atoms with Crippen molar-refractivity contribution < 1.29 is 23.1 Å².